The molecule has 0 aliphatic carbocycles. The zero-order valence-electron chi connectivity index (χ0n) is 9.82. The normalized spacial score (nSPS) is 18.7. The highest BCUT2D eigenvalue weighted by Crippen LogP contribution is 2.15. The zero-order valence-corrected chi connectivity index (χ0v) is 13.0. The average Bonchev–Trinajstić information content (AvgIpc) is 2.69. The monoisotopic (exact) mass is 358 g/mol. The summed E-state index contributed by atoms with van der Waals surface area (Å²) >= 11 is 3.34. The minimum atomic E-state index is -3.21. The molecule has 1 unspecified atom stereocenters. The molecule has 6 heteroatoms. The number of hydrogen-bond acceptors (Lipinski definition) is 3. The molecular weight excluding hydrogens is 348 g/mol. The minimum Gasteiger partial charge on any atom is -0.255 e. The van der Waals surface area contributed by atoms with Gasteiger partial charge in [-0.1, -0.05) is 28.1 Å². The van der Waals surface area contributed by atoms with Crippen molar-refractivity contribution in [2.75, 3.05) is 0 Å². The summed E-state index contributed by atoms with van der Waals surface area (Å²) in [7, 11) is -4.37. The van der Waals surface area contributed by atoms with Gasteiger partial charge < -0.3 is 0 Å². The Labute approximate surface area is 123 Å². The first-order valence-electron chi connectivity index (χ1n) is 5.39. The standard InChI is InChI=1S/C13H11BrO3S2/c14-13-3-1-11(2-4-13)9-18(15)7-5-12-6-8-19(16,17)10-12/h1-8,10H,9H2/b7-5+. The molecule has 1 heterocycles. The Morgan fingerprint density at radius 1 is 1.21 bits per heavy atom. The van der Waals surface area contributed by atoms with Crippen LogP contribution in [0.1, 0.15) is 5.56 Å². The van der Waals surface area contributed by atoms with Crippen LogP contribution in [0.15, 0.2) is 62.7 Å². The fraction of sp³-hybridized carbons (Fsp3) is 0.0769. The Morgan fingerprint density at radius 3 is 2.47 bits per heavy atom. The summed E-state index contributed by atoms with van der Waals surface area (Å²) in [4.78, 5) is 0. The minimum absolute atomic E-state index is 0.410. The highest BCUT2D eigenvalue weighted by atomic mass is 79.9. The van der Waals surface area contributed by atoms with Gasteiger partial charge in [0.2, 0.25) is 0 Å². The molecule has 0 saturated carbocycles. The molecule has 0 fully saturated rings. The molecule has 0 amide bonds. The van der Waals surface area contributed by atoms with Gasteiger partial charge in [0.05, 0.1) is 16.6 Å². The molecule has 0 spiro atoms. The third kappa shape index (κ3) is 4.56. The molecular formula is C13H11BrO3S2. The van der Waals surface area contributed by atoms with Crippen LogP contribution in [0.2, 0.25) is 0 Å². The molecule has 1 aliphatic rings. The maximum atomic E-state index is 11.8. The molecule has 19 heavy (non-hydrogen) atoms. The van der Waals surface area contributed by atoms with Crippen molar-refractivity contribution >= 4 is 36.6 Å². The molecule has 0 radical (unpaired) electrons. The van der Waals surface area contributed by atoms with E-state index in [9.17, 15) is 12.6 Å². The van der Waals surface area contributed by atoms with Crippen molar-refractivity contribution in [3.63, 3.8) is 0 Å². The molecule has 0 saturated heterocycles. The lowest BCUT2D eigenvalue weighted by Crippen LogP contribution is -1.91. The Morgan fingerprint density at radius 2 is 1.89 bits per heavy atom. The number of allylic oxidation sites excluding steroid dienone is 3. The van der Waals surface area contributed by atoms with Crippen molar-refractivity contribution < 1.29 is 12.6 Å². The van der Waals surface area contributed by atoms with Gasteiger partial charge in [-0.25, -0.2) is 8.42 Å². The molecule has 1 aromatic carbocycles. The van der Waals surface area contributed by atoms with Crippen molar-refractivity contribution in [3.8, 4) is 0 Å². The van der Waals surface area contributed by atoms with E-state index in [2.05, 4.69) is 15.9 Å². The first-order chi connectivity index (χ1) is 8.94. The van der Waals surface area contributed by atoms with Crippen LogP contribution < -0.4 is 0 Å². The summed E-state index contributed by atoms with van der Waals surface area (Å²) in [5, 5.41) is 3.80. The van der Waals surface area contributed by atoms with Crippen LogP contribution in [0.3, 0.4) is 0 Å². The van der Waals surface area contributed by atoms with Crippen molar-refractivity contribution in [1.29, 1.82) is 0 Å². The number of halogens is 1. The van der Waals surface area contributed by atoms with Crippen molar-refractivity contribution in [3.05, 3.63) is 68.3 Å². The van der Waals surface area contributed by atoms with E-state index < -0.39 is 20.6 Å². The zero-order chi connectivity index (χ0) is 13.9. The maximum Gasteiger partial charge on any atom is 0.193 e. The molecule has 0 bridgehead atoms. The summed E-state index contributed by atoms with van der Waals surface area (Å²) in [5.41, 5.74) is 1.51. The maximum absolute atomic E-state index is 11.8. The topological polar surface area (TPSA) is 51.2 Å². The number of sulfone groups is 1. The second-order valence-corrected chi connectivity index (χ2v) is 7.89. The molecule has 3 nitrogen and oxygen atoms in total. The second-order valence-electron chi connectivity index (χ2n) is 3.96. The quantitative estimate of drug-likeness (QED) is 0.830. The van der Waals surface area contributed by atoms with Gasteiger partial charge in [0.25, 0.3) is 0 Å². The third-order valence-electron chi connectivity index (χ3n) is 2.38. The number of hydrogen-bond donors (Lipinski definition) is 0. The van der Waals surface area contributed by atoms with Crippen LogP contribution >= 0.6 is 15.9 Å². The summed E-state index contributed by atoms with van der Waals surface area (Å²) in [6.07, 6.45) is 3.05. The van der Waals surface area contributed by atoms with Gasteiger partial charge in [-0.3, -0.25) is 4.21 Å². The lowest BCUT2D eigenvalue weighted by molar-refractivity contribution is 0.613. The van der Waals surface area contributed by atoms with E-state index in [-0.39, 0.29) is 0 Å². The first-order valence-corrected chi connectivity index (χ1v) is 9.18. The van der Waals surface area contributed by atoms with Crippen LogP contribution in [0, 0.1) is 0 Å². The Hall–Kier alpha value is -0.980. The van der Waals surface area contributed by atoms with Crippen LogP contribution in [-0.4, -0.2) is 12.6 Å². The predicted molar refractivity (Wildman–Crippen MR) is 81.3 cm³/mol. The van der Waals surface area contributed by atoms with Crippen LogP contribution in [0.25, 0.3) is 0 Å². The van der Waals surface area contributed by atoms with Gasteiger partial charge >= 0.3 is 0 Å². The SMILES string of the molecule is O=S(/C=C/C1=CS(=O)(=O)C=C1)Cc1ccc(Br)cc1. The molecule has 0 N–H and O–H groups in total. The van der Waals surface area contributed by atoms with Gasteiger partial charge in [0.15, 0.2) is 9.84 Å². The van der Waals surface area contributed by atoms with E-state index in [0.717, 1.165) is 20.9 Å². The molecule has 1 aliphatic heterocycles. The van der Waals surface area contributed by atoms with Gasteiger partial charge in [-0.2, -0.15) is 0 Å². The first kappa shape index (κ1) is 14.4. The number of benzene rings is 1. The van der Waals surface area contributed by atoms with E-state index in [1.54, 1.807) is 6.08 Å². The van der Waals surface area contributed by atoms with Crippen LogP contribution in [0.5, 0.6) is 0 Å². The van der Waals surface area contributed by atoms with Gasteiger partial charge in [-0.15, -0.1) is 0 Å². The predicted octanol–water partition coefficient (Wildman–Crippen LogP) is 3.04. The Balaban J connectivity index is 1.99. The van der Waals surface area contributed by atoms with Crippen molar-refractivity contribution in [1.82, 2.24) is 0 Å². The summed E-state index contributed by atoms with van der Waals surface area (Å²) in [5.74, 6) is 0.410. The average molecular weight is 359 g/mol. The van der Waals surface area contributed by atoms with E-state index in [1.807, 2.05) is 24.3 Å². The van der Waals surface area contributed by atoms with Crippen molar-refractivity contribution in [2.45, 2.75) is 5.75 Å². The van der Waals surface area contributed by atoms with Gasteiger partial charge in [0.1, 0.15) is 0 Å². The fourth-order valence-electron chi connectivity index (χ4n) is 1.48. The summed E-state index contributed by atoms with van der Waals surface area (Å²) < 4.78 is 35.1. The Kier molecular flexibility index (Phi) is 4.54. The lowest BCUT2D eigenvalue weighted by atomic mass is 10.2. The highest BCUT2D eigenvalue weighted by molar-refractivity contribution is 9.10. The smallest absolute Gasteiger partial charge is 0.193 e. The summed E-state index contributed by atoms with van der Waals surface area (Å²) in [6, 6.07) is 7.58. The molecule has 2 rings (SSSR count). The molecule has 0 aromatic heterocycles. The molecule has 100 valence electrons. The van der Waals surface area contributed by atoms with Crippen LogP contribution in [-0.2, 0) is 26.4 Å². The second kappa shape index (κ2) is 5.98. The largest absolute Gasteiger partial charge is 0.255 e. The van der Waals surface area contributed by atoms with E-state index >= 15 is 0 Å². The van der Waals surface area contributed by atoms with Crippen LogP contribution in [0.4, 0.5) is 0 Å². The van der Waals surface area contributed by atoms with E-state index in [1.165, 1.54) is 11.5 Å². The molecule has 1 atom stereocenters. The lowest BCUT2D eigenvalue weighted by Gasteiger charge is -1.98. The Bertz CT molecular complexity index is 683. The number of rotatable bonds is 4. The third-order valence-corrected chi connectivity index (χ3v) is 5.09. The van der Waals surface area contributed by atoms with E-state index in [4.69, 9.17) is 0 Å². The van der Waals surface area contributed by atoms with Gasteiger partial charge in [-0.05, 0) is 35.4 Å². The fourth-order valence-corrected chi connectivity index (χ4v) is 3.64. The summed E-state index contributed by atoms with van der Waals surface area (Å²) in [6.45, 7) is 0. The highest BCUT2D eigenvalue weighted by Gasteiger charge is 2.08. The van der Waals surface area contributed by atoms with Gasteiger partial charge in [0, 0.05) is 20.7 Å². The molecule has 1 aromatic rings. The van der Waals surface area contributed by atoms with Crippen molar-refractivity contribution in [2.24, 2.45) is 0 Å². The van der Waals surface area contributed by atoms with E-state index in [0.29, 0.717) is 11.3 Å².